The van der Waals surface area contributed by atoms with Crippen LogP contribution in [0.5, 0.6) is 0 Å². The van der Waals surface area contributed by atoms with Crippen LogP contribution < -0.4 is 0 Å². The number of piperidine rings is 1. The lowest BCUT2D eigenvalue weighted by Gasteiger charge is -2.46. The van der Waals surface area contributed by atoms with E-state index in [1.807, 2.05) is 42.5 Å². The smallest absolute Gasteiger partial charge is 0.314 e. The normalized spacial score (nSPS) is 21.0. The van der Waals surface area contributed by atoms with Crippen molar-refractivity contribution in [1.82, 2.24) is 4.90 Å². The lowest BCUT2D eigenvalue weighted by Crippen LogP contribution is -2.57. The van der Waals surface area contributed by atoms with Gasteiger partial charge in [0.15, 0.2) is 0 Å². The highest BCUT2D eigenvalue weighted by Crippen LogP contribution is 2.40. The molecule has 172 valence electrons. The lowest BCUT2D eigenvalue weighted by atomic mass is 9.71. The van der Waals surface area contributed by atoms with Crippen molar-refractivity contribution in [2.24, 2.45) is 5.41 Å². The minimum Gasteiger partial charge on any atom is -0.469 e. The second kappa shape index (κ2) is 11.1. The predicted molar refractivity (Wildman–Crippen MR) is 134 cm³/mol. The van der Waals surface area contributed by atoms with E-state index in [9.17, 15) is 4.79 Å². The molecule has 1 saturated heterocycles. The van der Waals surface area contributed by atoms with E-state index in [4.69, 9.17) is 9.47 Å². The molecule has 2 atom stereocenters. The molecule has 3 aromatic carbocycles. The summed E-state index contributed by atoms with van der Waals surface area (Å²) in [6.45, 7) is 2.76. The molecule has 0 bridgehead atoms. The third-order valence-corrected chi connectivity index (χ3v) is 7.29. The summed E-state index contributed by atoms with van der Waals surface area (Å²) in [6, 6.07) is 28.7. The first-order chi connectivity index (χ1) is 16.1. The van der Waals surface area contributed by atoms with Crippen molar-refractivity contribution in [2.75, 3.05) is 20.2 Å². The van der Waals surface area contributed by atoms with Crippen LogP contribution in [0.25, 0.3) is 0 Å². The molecule has 2 unspecified atom stereocenters. The van der Waals surface area contributed by atoms with Crippen LogP contribution in [0.3, 0.4) is 0 Å². The van der Waals surface area contributed by atoms with E-state index in [1.54, 1.807) is 0 Å². The van der Waals surface area contributed by atoms with Gasteiger partial charge in [0.1, 0.15) is 5.41 Å². The van der Waals surface area contributed by atoms with Crippen molar-refractivity contribution in [3.63, 3.8) is 0 Å². The number of esters is 1. The number of methoxy groups -OCH3 is 1. The van der Waals surface area contributed by atoms with Gasteiger partial charge in [-0.2, -0.15) is 0 Å². The molecule has 0 spiro atoms. The molecule has 0 aromatic heterocycles. The summed E-state index contributed by atoms with van der Waals surface area (Å²) in [5.74, 6) is -0.198. The van der Waals surface area contributed by atoms with Gasteiger partial charge in [0.2, 0.25) is 0 Å². The number of likely N-dealkylation sites (tertiary alicyclic amines) is 1. The summed E-state index contributed by atoms with van der Waals surface area (Å²) in [5.41, 5.74) is 2.70. The van der Waals surface area contributed by atoms with Crippen LogP contribution in [0.4, 0.5) is 0 Å². The number of rotatable bonds is 8. The van der Waals surface area contributed by atoms with Crippen molar-refractivity contribution in [2.45, 2.75) is 32.1 Å². The first-order valence-corrected chi connectivity index (χ1v) is 12.1. The van der Waals surface area contributed by atoms with E-state index < -0.39 is 5.41 Å². The molecular formula is C28H30BrNO3. The number of halogens is 1. The maximum absolute atomic E-state index is 13.4. The molecule has 4 nitrogen and oxygen atoms in total. The second-order valence-corrected chi connectivity index (χ2v) is 9.53. The van der Waals surface area contributed by atoms with Gasteiger partial charge < -0.3 is 9.47 Å². The average Bonchev–Trinajstić information content (AvgIpc) is 2.86. The first-order valence-electron chi connectivity index (χ1n) is 11.3. The molecule has 1 aliphatic heterocycles. The summed E-state index contributed by atoms with van der Waals surface area (Å²) >= 11 is 3.67. The van der Waals surface area contributed by atoms with Gasteiger partial charge in [-0.3, -0.25) is 9.69 Å². The van der Waals surface area contributed by atoms with E-state index in [0.29, 0.717) is 26.0 Å². The Bertz CT molecular complexity index is 1040. The topological polar surface area (TPSA) is 38.8 Å². The van der Waals surface area contributed by atoms with E-state index in [0.717, 1.165) is 28.7 Å². The Balaban J connectivity index is 1.62. The molecule has 1 aliphatic rings. The minimum atomic E-state index is -0.749. The predicted octanol–water partition coefficient (Wildman–Crippen LogP) is 5.64. The number of benzene rings is 3. The zero-order chi connectivity index (χ0) is 23.1. The fourth-order valence-electron chi connectivity index (χ4n) is 4.68. The minimum absolute atomic E-state index is 0.198. The van der Waals surface area contributed by atoms with Crippen molar-refractivity contribution in [1.29, 1.82) is 0 Å². The van der Waals surface area contributed by atoms with Gasteiger partial charge in [-0.15, -0.1) is 0 Å². The van der Waals surface area contributed by atoms with Crippen molar-refractivity contribution in [3.05, 3.63) is 106 Å². The number of nitrogens with zero attached hydrogens (tertiary/aromatic N) is 1. The number of carbonyl (C=O) groups is 1. The molecule has 33 heavy (non-hydrogen) atoms. The summed E-state index contributed by atoms with van der Waals surface area (Å²) < 4.78 is 12.9. The van der Waals surface area contributed by atoms with Gasteiger partial charge in [-0.25, -0.2) is 0 Å². The highest BCUT2D eigenvalue weighted by Gasteiger charge is 2.51. The van der Waals surface area contributed by atoms with E-state index in [-0.39, 0.29) is 12.1 Å². The zero-order valence-corrected chi connectivity index (χ0v) is 20.5. The second-order valence-electron chi connectivity index (χ2n) is 8.67. The summed E-state index contributed by atoms with van der Waals surface area (Å²) in [5, 5.41) is 0. The first kappa shape index (κ1) is 23.7. The van der Waals surface area contributed by atoms with Gasteiger partial charge in [-0.1, -0.05) is 94.8 Å². The molecule has 1 fully saturated rings. The van der Waals surface area contributed by atoms with Gasteiger partial charge in [0.25, 0.3) is 0 Å². The fourth-order valence-corrected chi connectivity index (χ4v) is 5.11. The Hall–Kier alpha value is -2.47. The highest BCUT2D eigenvalue weighted by atomic mass is 79.9. The highest BCUT2D eigenvalue weighted by molar-refractivity contribution is 9.10. The maximum atomic E-state index is 13.4. The Morgan fingerprint density at radius 2 is 1.61 bits per heavy atom. The maximum Gasteiger partial charge on any atom is 0.314 e. The molecule has 1 heterocycles. The summed E-state index contributed by atoms with van der Waals surface area (Å²) in [7, 11) is 1.48. The largest absolute Gasteiger partial charge is 0.469 e. The van der Waals surface area contributed by atoms with Crippen LogP contribution >= 0.6 is 15.9 Å². The lowest BCUT2D eigenvalue weighted by molar-refractivity contribution is -0.173. The number of carbonyl (C=O) groups excluding carboxylic acids is 1. The number of hydrogen-bond acceptors (Lipinski definition) is 4. The number of hydrogen-bond donors (Lipinski definition) is 0. The standard InChI is InChI=1S/C28H30BrNO3/c1-32-27(31)28(18-24-14-8-9-15-25(24)29)16-17-30(19-22-10-4-2-5-11-22)20-26(28)33-21-23-12-6-3-7-13-23/h2-15,26H,16-21H2,1H3. The zero-order valence-electron chi connectivity index (χ0n) is 19.0. The molecule has 0 amide bonds. The Morgan fingerprint density at radius 3 is 2.27 bits per heavy atom. The third kappa shape index (κ3) is 5.72. The van der Waals surface area contributed by atoms with E-state index in [2.05, 4.69) is 63.3 Å². The van der Waals surface area contributed by atoms with Gasteiger partial charge >= 0.3 is 5.97 Å². The molecular weight excluding hydrogens is 478 g/mol. The molecule has 0 N–H and O–H groups in total. The van der Waals surface area contributed by atoms with E-state index >= 15 is 0 Å². The molecule has 5 heteroatoms. The quantitative estimate of drug-likeness (QED) is 0.369. The van der Waals surface area contributed by atoms with Gasteiger partial charge in [-0.05, 0) is 42.1 Å². The van der Waals surface area contributed by atoms with Crippen LogP contribution in [-0.4, -0.2) is 37.2 Å². The molecule has 0 saturated carbocycles. The summed E-state index contributed by atoms with van der Waals surface area (Å²) in [4.78, 5) is 15.7. The SMILES string of the molecule is COC(=O)C1(Cc2ccccc2Br)CCN(Cc2ccccc2)CC1OCc1ccccc1. The Morgan fingerprint density at radius 1 is 0.970 bits per heavy atom. The Labute approximate surface area is 204 Å². The summed E-state index contributed by atoms with van der Waals surface area (Å²) in [6.07, 6.45) is 0.947. The van der Waals surface area contributed by atoms with Gasteiger partial charge in [0, 0.05) is 17.6 Å². The van der Waals surface area contributed by atoms with Crippen molar-refractivity contribution >= 4 is 21.9 Å². The van der Waals surface area contributed by atoms with Crippen LogP contribution in [0.2, 0.25) is 0 Å². The fraction of sp³-hybridized carbons (Fsp3) is 0.321. The van der Waals surface area contributed by atoms with Gasteiger partial charge in [0.05, 0.1) is 19.8 Å². The van der Waals surface area contributed by atoms with Crippen molar-refractivity contribution in [3.8, 4) is 0 Å². The van der Waals surface area contributed by atoms with Crippen LogP contribution in [-0.2, 0) is 33.8 Å². The van der Waals surface area contributed by atoms with Crippen LogP contribution in [0.1, 0.15) is 23.1 Å². The number of ether oxygens (including phenoxy) is 2. The van der Waals surface area contributed by atoms with Crippen molar-refractivity contribution < 1.29 is 14.3 Å². The molecule has 3 aromatic rings. The monoisotopic (exact) mass is 507 g/mol. The molecule has 4 rings (SSSR count). The van der Waals surface area contributed by atoms with E-state index in [1.165, 1.54) is 12.7 Å². The Kier molecular flexibility index (Phi) is 7.97. The molecule has 0 radical (unpaired) electrons. The average molecular weight is 508 g/mol. The van der Waals surface area contributed by atoms with Crippen LogP contribution in [0, 0.1) is 5.41 Å². The van der Waals surface area contributed by atoms with Crippen LogP contribution in [0.15, 0.2) is 89.4 Å². The molecule has 0 aliphatic carbocycles. The third-order valence-electron chi connectivity index (χ3n) is 6.51.